The van der Waals surface area contributed by atoms with E-state index in [0.717, 1.165) is 16.3 Å². The van der Waals surface area contributed by atoms with E-state index >= 15 is 0 Å². The summed E-state index contributed by atoms with van der Waals surface area (Å²) in [7, 11) is -0.682. The van der Waals surface area contributed by atoms with E-state index in [1.807, 2.05) is 13.1 Å². The van der Waals surface area contributed by atoms with Crippen molar-refractivity contribution in [2.24, 2.45) is 0 Å². The Bertz CT molecular complexity index is 1240. The average molecular weight is 434 g/mol. The molecule has 0 fully saturated rings. The third-order valence-corrected chi connectivity index (χ3v) is 7.03. The Balaban J connectivity index is 1.91. The van der Waals surface area contributed by atoms with Crippen LogP contribution in [0.5, 0.6) is 0 Å². The smallest absolute Gasteiger partial charge is 0.242 e. The molecule has 29 heavy (non-hydrogen) atoms. The van der Waals surface area contributed by atoms with Crippen molar-refractivity contribution in [3.63, 3.8) is 0 Å². The highest BCUT2D eigenvalue weighted by atomic mass is 35.5. The second-order valence-electron chi connectivity index (χ2n) is 7.23. The van der Waals surface area contributed by atoms with Gasteiger partial charge in [-0.1, -0.05) is 13.0 Å². The van der Waals surface area contributed by atoms with Gasteiger partial charge >= 0.3 is 0 Å². The molecule has 0 radical (unpaired) electrons. The number of aryl methyl sites for hydroxylation is 1. The van der Waals surface area contributed by atoms with Gasteiger partial charge in [-0.2, -0.15) is 10.1 Å². The molecule has 0 spiro atoms. The number of nitrogens with zero attached hydrogens (tertiary/aromatic N) is 5. The monoisotopic (exact) mass is 433 g/mol. The second kappa shape index (κ2) is 7.16. The summed E-state index contributed by atoms with van der Waals surface area (Å²) in [5.41, 5.74) is 2.32. The number of carbonyl (C=O) groups is 1. The van der Waals surface area contributed by atoms with E-state index in [0.29, 0.717) is 28.8 Å². The normalized spacial score (nSPS) is 16.7. The molecule has 4 rings (SSSR count). The van der Waals surface area contributed by atoms with Crippen molar-refractivity contribution in [1.82, 2.24) is 24.1 Å². The van der Waals surface area contributed by atoms with Gasteiger partial charge in [0.1, 0.15) is 0 Å². The molecule has 0 bridgehead atoms. The lowest BCUT2D eigenvalue weighted by molar-refractivity contribution is -0.118. The van der Waals surface area contributed by atoms with Crippen LogP contribution in [0.4, 0.5) is 0 Å². The van der Waals surface area contributed by atoms with Crippen LogP contribution in [0.1, 0.15) is 36.1 Å². The van der Waals surface area contributed by atoms with Gasteiger partial charge in [0, 0.05) is 33.3 Å². The molecule has 3 aromatic rings. The van der Waals surface area contributed by atoms with Crippen LogP contribution >= 0.6 is 11.6 Å². The SMILES string of the molecule is CCCn1cc2c(C3C(=O)Cc4ccc(S(=O)(=O)N(C)C)cc43)nc(Cl)nc2n1. The topological polar surface area (TPSA) is 98.1 Å². The van der Waals surface area contributed by atoms with Crippen molar-refractivity contribution < 1.29 is 13.2 Å². The van der Waals surface area contributed by atoms with E-state index in [1.165, 1.54) is 20.2 Å². The van der Waals surface area contributed by atoms with Gasteiger partial charge in [-0.05, 0) is 41.3 Å². The van der Waals surface area contributed by atoms with Crippen molar-refractivity contribution in [3.05, 3.63) is 46.5 Å². The number of halogens is 1. The number of carbonyl (C=O) groups excluding carboxylic acids is 1. The minimum absolute atomic E-state index is 0.00701. The van der Waals surface area contributed by atoms with Gasteiger partial charge in [-0.25, -0.2) is 17.7 Å². The molecule has 8 nitrogen and oxygen atoms in total. The summed E-state index contributed by atoms with van der Waals surface area (Å²) in [6, 6.07) is 4.80. The largest absolute Gasteiger partial charge is 0.298 e. The van der Waals surface area contributed by atoms with E-state index in [1.54, 1.807) is 16.8 Å². The van der Waals surface area contributed by atoms with E-state index in [-0.39, 0.29) is 22.4 Å². The molecule has 0 amide bonds. The fraction of sp³-hybridized carbons (Fsp3) is 0.368. The number of aromatic nitrogens is 4. The molecule has 0 aliphatic heterocycles. The number of Topliss-reactive ketones (excluding diaryl/α,β-unsaturated/α-hetero) is 1. The first kappa shape index (κ1) is 19.9. The number of rotatable bonds is 5. The number of hydrogen-bond acceptors (Lipinski definition) is 6. The van der Waals surface area contributed by atoms with Crippen molar-refractivity contribution >= 4 is 38.4 Å². The van der Waals surface area contributed by atoms with Gasteiger partial charge < -0.3 is 0 Å². The summed E-state index contributed by atoms with van der Waals surface area (Å²) < 4.78 is 28.1. The first-order chi connectivity index (χ1) is 13.7. The molecule has 2 aromatic heterocycles. The first-order valence-electron chi connectivity index (χ1n) is 9.21. The fourth-order valence-electron chi connectivity index (χ4n) is 3.65. The third kappa shape index (κ3) is 3.33. The maximum atomic E-state index is 12.9. The van der Waals surface area contributed by atoms with Gasteiger partial charge in [0.15, 0.2) is 11.4 Å². The lowest BCUT2D eigenvalue weighted by Crippen LogP contribution is -2.22. The molecule has 2 heterocycles. The number of sulfonamides is 1. The van der Waals surface area contributed by atoms with Gasteiger partial charge in [-0.3, -0.25) is 9.48 Å². The number of fused-ring (bicyclic) bond motifs is 2. The summed E-state index contributed by atoms with van der Waals surface area (Å²) in [6.07, 6.45) is 2.92. The quantitative estimate of drug-likeness (QED) is 0.573. The van der Waals surface area contributed by atoms with Crippen molar-refractivity contribution in [3.8, 4) is 0 Å². The zero-order valence-corrected chi connectivity index (χ0v) is 17.8. The van der Waals surface area contributed by atoms with Crippen molar-refractivity contribution in [2.45, 2.75) is 37.1 Å². The van der Waals surface area contributed by atoms with Crippen LogP contribution in [0, 0.1) is 0 Å². The minimum Gasteiger partial charge on any atom is -0.298 e. The van der Waals surface area contributed by atoms with Crippen molar-refractivity contribution in [1.29, 1.82) is 0 Å². The van der Waals surface area contributed by atoms with Crippen LogP contribution in [0.25, 0.3) is 11.0 Å². The lowest BCUT2D eigenvalue weighted by atomic mass is 9.95. The predicted molar refractivity (Wildman–Crippen MR) is 108 cm³/mol. The first-order valence-corrected chi connectivity index (χ1v) is 11.0. The Morgan fingerprint density at radius 2 is 2.03 bits per heavy atom. The Morgan fingerprint density at radius 3 is 2.72 bits per heavy atom. The van der Waals surface area contributed by atoms with Crippen LogP contribution < -0.4 is 0 Å². The molecule has 10 heteroatoms. The van der Waals surface area contributed by atoms with Crippen LogP contribution in [-0.2, 0) is 27.8 Å². The zero-order valence-electron chi connectivity index (χ0n) is 16.3. The molecule has 152 valence electrons. The molecule has 0 saturated carbocycles. The molecule has 1 aliphatic rings. The zero-order chi connectivity index (χ0) is 20.9. The third-order valence-electron chi connectivity index (χ3n) is 5.05. The maximum Gasteiger partial charge on any atom is 0.242 e. The summed E-state index contributed by atoms with van der Waals surface area (Å²) in [6.45, 7) is 2.74. The Hall–Kier alpha value is -2.36. The molecular formula is C19H20ClN5O3S. The molecule has 1 unspecified atom stereocenters. The van der Waals surface area contributed by atoms with Gasteiger partial charge in [0.05, 0.1) is 21.9 Å². The van der Waals surface area contributed by atoms with Gasteiger partial charge in [0.2, 0.25) is 15.3 Å². The Kier molecular flexibility index (Phi) is 4.92. The molecule has 0 saturated heterocycles. The summed E-state index contributed by atoms with van der Waals surface area (Å²) in [4.78, 5) is 21.6. The Morgan fingerprint density at radius 1 is 1.28 bits per heavy atom. The van der Waals surface area contributed by atoms with E-state index < -0.39 is 15.9 Å². The molecule has 1 atom stereocenters. The summed E-state index contributed by atoms with van der Waals surface area (Å²) >= 11 is 6.12. The second-order valence-corrected chi connectivity index (χ2v) is 9.72. The van der Waals surface area contributed by atoms with Crippen LogP contribution in [-0.4, -0.2) is 52.4 Å². The number of ketones is 1. The maximum absolute atomic E-state index is 12.9. The van der Waals surface area contributed by atoms with E-state index in [4.69, 9.17) is 11.6 Å². The summed E-state index contributed by atoms with van der Waals surface area (Å²) in [5, 5.41) is 5.08. The highest BCUT2D eigenvalue weighted by Gasteiger charge is 2.36. The van der Waals surface area contributed by atoms with E-state index in [9.17, 15) is 13.2 Å². The standard InChI is InChI=1S/C19H20ClN5O3S/c1-4-7-25-10-14-17(21-19(20)22-18(14)23-25)16-13-9-12(29(27,28)24(2)3)6-5-11(13)8-15(16)26/h5-6,9-10,16H,4,7-8H2,1-3H3. The lowest BCUT2D eigenvalue weighted by Gasteiger charge is -2.15. The number of benzene rings is 1. The van der Waals surface area contributed by atoms with E-state index in [2.05, 4.69) is 15.1 Å². The van der Waals surface area contributed by atoms with Crippen LogP contribution in [0.2, 0.25) is 5.28 Å². The molecular weight excluding hydrogens is 414 g/mol. The Labute approximate surface area is 173 Å². The van der Waals surface area contributed by atoms with Gasteiger partial charge in [-0.15, -0.1) is 0 Å². The molecule has 1 aliphatic carbocycles. The average Bonchev–Trinajstić information content (AvgIpc) is 3.20. The van der Waals surface area contributed by atoms with Crippen LogP contribution in [0.3, 0.4) is 0 Å². The van der Waals surface area contributed by atoms with Gasteiger partial charge in [0.25, 0.3) is 0 Å². The number of hydrogen-bond donors (Lipinski definition) is 0. The fourth-order valence-corrected chi connectivity index (χ4v) is 4.76. The van der Waals surface area contributed by atoms with Crippen LogP contribution in [0.15, 0.2) is 29.3 Å². The minimum atomic E-state index is -3.63. The van der Waals surface area contributed by atoms with Crippen molar-refractivity contribution in [2.75, 3.05) is 14.1 Å². The predicted octanol–water partition coefficient (Wildman–Crippen LogP) is 2.40. The highest BCUT2D eigenvalue weighted by molar-refractivity contribution is 7.89. The highest BCUT2D eigenvalue weighted by Crippen LogP contribution is 2.39. The molecule has 0 N–H and O–H groups in total. The summed E-state index contributed by atoms with van der Waals surface area (Å²) in [5.74, 6) is -0.761. The molecule has 1 aromatic carbocycles.